The highest BCUT2D eigenvalue weighted by Crippen LogP contribution is 2.21. The summed E-state index contributed by atoms with van der Waals surface area (Å²) in [5.41, 5.74) is 0.922. The van der Waals surface area contributed by atoms with E-state index in [4.69, 9.17) is 0 Å². The number of carbonyl (C=O) groups excluding carboxylic acids is 1. The zero-order valence-electron chi connectivity index (χ0n) is 11.7. The summed E-state index contributed by atoms with van der Waals surface area (Å²) in [4.78, 5) is 20.5. The van der Waals surface area contributed by atoms with Crippen LogP contribution in [0.2, 0.25) is 0 Å². The number of hydrogen-bond acceptors (Lipinski definition) is 5. The monoisotopic (exact) mass is 274 g/mol. The molecule has 0 bridgehead atoms. The predicted octanol–water partition coefficient (Wildman–Crippen LogP) is -0.404. The molecule has 106 valence electrons. The van der Waals surface area contributed by atoms with Crippen LogP contribution >= 0.6 is 0 Å². The van der Waals surface area contributed by atoms with Gasteiger partial charge in [0.25, 0.3) is 0 Å². The number of amides is 1. The number of likely N-dealkylation sites (N-methyl/N-ethyl adjacent to an activating group) is 1. The van der Waals surface area contributed by atoms with Gasteiger partial charge in [-0.2, -0.15) is 5.10 Å². The molecule has 2 aromatic rings. The van der Waals surface area contributed by atoms with Crippen LogP contribution in [0.4, 0.5) is 5.82 Å². The Morgan fingerprint density at radius 1 is 1.45 bits per heavy atom. The van der Waals surface area contributed by atoms with Crippen LogP contribution < -0.4 is 10.2 Å². The fourth-order valence-electron chi connectivity index (χ4n) is 2.54. The Bertz CT molecular complexity index is 622. The Morgan fingerprint density at radius 3 is 3.10 bits per heavy atom. The highest BCUT2D eigenvalue weighted by molar-refractivity contribution is 5.87. The van der Waals surface area contributed by atoms with E-state index in [1.807, 2.05) is 12.3 Å². The smallest absolute Gasteiger partial charge is 0.246 e. The van der Waals surface area contributed by atoms with Gasteiger partial charge < -0.3 is 15.1 Å². The minimum atomic E-state index is -0.229. The molecule has 1 N–H and O–H groups in total. The summed E-state index contributed by atoms with van der Waals surface area (Å²) in [5.74, 6) is 0.896. The maximum absolute atomic E-state index is 12.4. The maximum atomic E-state index is 12.4. The molecule has 3 rings (SSSR count). The van der Waals surface area contributed by atoms with Crippen molar-refractivity contribution in [1.82, 2.24) is 24.8 Å². The Morgan fingerprint density at radius 2 is 2.30 bits per heavy atom. The van der Waals surface area contributed by atoms with Crippen molar-refractivity contribution in [2.75, 3.05) is 38.6 Å². The first-order valence-electron chi connectivity index (χ1n) is 6.65. The summed E-state index contributed by atoms with van der Waals surface area (Å²) >= 11 is 0. The Balaban J connectivity index is 2.01. The van der Waals surface area contributed by atoms with Crippen molar-refractivity contribution in [1.29, 1.82) is 0 Å². The molecule has 3 heterocycles. The summed E-state index contributed by atoms with van der Waals surface area (Å²) in [6.45, 7) is 2.23. The Hall–Kier alpha value is -2.15. The van der Waals surface area contributed by atoms with Crippen molar-refractivity contribution in [3.05, 3.63) is 24.7 Å². The fourth-order valence-corrected chi connectivity index (χ4v) is 2.54. The summed E-state index contributed by atoms with van der Waals surface area (Å²) < 4.78 is 1.78. The number of nitrogens with zero attached hydrogens (tertiary/aromatic N) is 5. The van der Waals surface area contributed by atoms with Crippen molar-refractivity contribution >= 4 is 17.2 Å². The molecule has 0 aliphatic carbocycles. The SMILES string of the molecule is CN(C)C(=O)C1CNCCN1c1nccn2nccc12. The number of nitrogens with one attached hydrogen (secondary N) is 1. The lowest BCUT2D eigenvalue weighted by Gasteiger charge is -2.37. The van der Waals surface area contributed by atoms with Crippen LogP contribution in [0.1, 0.15) is 0 Å². The van der Waals surface area contributed by atoms with Crippen LogP contribution in [0.3, 0.4) is 0 Å². The lowest BCUT2D eigenvalue weighted by molar-refractivity contribution is -0.130. The number of rotatable bonds is 2. The first kappa shape index (κ1) is 12.9. The van der Waals surface area contributed by atoms with Crippen molar-refractivity contribution in [2.24, 2.45) is 0 Å². The quantitative estimate of drug-likeness (QED) is 0.807. The number of piperazine rings is 1. The zero-order valence-corrected chi connectivity index (χ0v) is 11.7. The van der Waals surface area contributed by atoms with E-state index in [0.717, 1.165) is 24.4 Å². The first-order valence-corrected chi connectivity index (χ1v) is 6.65. The zero-order chi connectivity index (χ0) is 14.1. The molecule has 2 aromatic heterocycles. The lowest BCUT2D eigenvalue weighted by Crippen LogP contribution is -2.58. The molecule has 1 aliphatic rings. The first-order chi connectivity index (χ1) is 9.68. The Labute approximate surface area is 117 Å². The standard InChI is InChI=1S/C13H18N6O/c1-17(2)13(20)11-9-14-5-7-18(11)12-10-3-4-16-19(10)8-6-15-12/h3-4,6,8,11,14H,5,7,9H2,1-2H3. The van der Waals surface area contributed by atoms with Gasteiger partial charge in [-0.25, -0.2) is 9.50 Å². The van der Waals surface area contributed by atoms with Crippen molar-refractivity contribution in [3.63, 3.8) is 0 Å². The minimum absolute atomic E-state index is 0.0838. The highest BCUT2D eigenvalue weighted by Gasteiger charge is 2.31. The van der Waals surface area contributed by atoms with Crippen LogP contribution in [-0.4, -0.2) is 65.2 Å². The number of fused-ring (bicyclic) bond motifs is 1. The van der Waals surface area contributed by atoms with E-state index in [2.05, 4.69) is 20.3 Å². The molecule has 1 atom stereocenters. The van der Waals surface area contributed by atoms with Gasteiger partial charge in [0.15, 0.2) is 5.82 Å². The molecule has 0 spiro atoms. The van der Waals surface area contributed by atoms with Crippen LogP contribution in [0.15, 0.2) is 24.7 Å². The average Bonchev–Trinajstić information content (AvgIpc) is 2.94. The van der Waals surface area contributed by atoms with Crippen molar-refractivity contribution in [2.45, 2.75) is 6.04 Å². The van der Waals surface area contributed by atoms with E-state index in [1.165, 1.54) is 0 Å². The third kappa shape index (κ3) is 2.09. The predicted molar refractivity (Wildman–Crippen MR) is 75.7 cm³/mol. The van der Waals surface area contributed by atoms with Crippen LogP contribution in [0.5, 0.6) is 0 Å². The van der Waals surface area contributed by atoms with E-state index in [0.29, 0.717) is 6.54 Å². The third-order valence-corrected chi connectivity index (χ3v) is 3.55. The van der Waals surface area contributed by atoms with Gasteiger partial charge in [-0.15, -0.1) is 0 Å². The van der Waals surface area contributed by atoms with E-state index in [1.54, 1.807) is 35.9 Å². The molecule has 0 aromatic carbocycles. The Kier molecular flexibility index (Phi) is 3.27. The molecule has 20 heavy (non-hydrogen) atoms. The number of aromatic nitrogens is 3. The average molecular weight is 274 g/mol. The molecule has 7 heteroatoms. The van der Waals surface area contributed by atoms with Gasteiger partial charge in [0.1, 0.15) is 11.6 Å². The lowest BCUT2D eigenvalue weighted by atomic mass is 10.1. The van der Waals surface area contributed by atoms with E-state index >= 15 is 0 Å². The van der Waals surface area contributed by atoms with E-state index in [9.17, 15) is 4.79 Å². The van der Waals surface area contributed by atoms with Gasteiger partial charge >= 0.3 is 0 Å². The maximum Gasteiger partial charge on any atom is 0.246 e. The number of carbonyl (C=O) groups is 1. The summed E-state index contributed by atoms with van der Waals surface area (Å²) in [7, 11) is 3.56. The van der Waals surface area contributed by atoms with Gasteiger partial charge in [0, 0.05) is 46.1 Å². The molecule has 1 aliphatic heterocycles. The number of anilines is 1. The molecular formula is C13H18N6O. The normalized spacial score (nSPS) is 19.3. The second-order valence-electron chi connectivity index (χ2n) is 5.06. The molecule has 1 unspecified atom stereocenters. The molecule has 0 saturated carbocycles. The molecule has 1 fully saturated rings. The van der Waals surface area contributed by atoms with Gasteiger partial charge in [-0.3, -0.25) is 4.79 Å². The van der Waals surface area contributed by atoms with Crippen LogP contribution in [0.25, 0.3) is 5.52 Å². The van der Waals surface area contributed by atoms with E-state index in [-0.39, 0.29) is 11.9 Å². The number of hydrogen-bond donors (Lipinski definition) is 1. The molecular weight excluding hydrogens is 256 g/mol. The second kappa shape index (κ2) is 5.09. The second-order valence-corrected chi connectivity index (χ2v) is 5.06. The summed E-state index contributed by atoms with van der Waals surface area (Å²) in [6, 6.07) is 1.69. The van der Waals surface area contributed by atoms with Crippen LogP contribution in [-0.2, 0) is 4.79 Å². The van der Waals surface area contributed by atoms with Crippen LogP contribution in [0, 0.1) is 0 Å². The summed E-state index contributed by atoms with van der Waals surface area (Å²) in [6.07, 6.45) is 5.27. The van der Waals surface area contributed by atoms with Gasteiger partial charge in [-0.05, 0) is 6.07 Å². The molecule has 7 nitrogen and oxygen atoms in total. The van der Waals surface area contributed by atoms with E-state index < -0.39 is 0 Å². The molecule has 1 saturated heterocycles. The van der Waals surface area contributed by atoms with Crippen molar-refractivity contribution < 1.29 is 4.79 Å². The molecule has 1 amide bonds. The fraction of sp³-hybridized carbons (Fsp3) is 0.462. The largest absolute Gasteiger partial charge is 0.347 e. The topological polar surface area (TPSA) is 65.8 Å². The summed E-state index contributed by atoms with van der Waals surface area (Å²) in [5, 5.41) is 7.49. The molecule has 0 radical (unpaired) electrons. The van der Waals surface area contributed by atoms with Gasteiger partial charge in [-0.1, -0.05) is 0 Å². The third-order valence-electron chi connectivity index (χ3n) is 3.55. The van der Waals surface area contributed by atoms with Gasteiger partial charge in [0.2, 0.25) is 5.91 Å². The van der Waals surface area contributed by atoms with Crippen molar-refractivity contribution in [3.8, 4) is 0 Å². The minimum Gasteiger partial charge on any atom is -0.347 e. The highest BCUT2D eigenvalue weighted by atomic mass is 16.2. The van der Waals surface area contributed by atoms with Gasteiger partial charge in [0.05, 0.1) is 6.20 Å².